The molecule has 1 saturated heterocycles. The van der Waals surface area contributed by atoms with Crippen molar-refractivity contribution in [1.29, 1.82) is 0 Å². The van der Waals surface area contributed by atoms with Crippen LogP contribution in [0.5, 0.6) is 5.75 Å². The fourth-order valence-corrected chi connectivity index (χ4v) is 2.78. The highest BCUT2D eigenvalue weighted by atomic mass is 16.5. The number of aliphatic hydroxyl groups excluding tert-OH is 1. The Morgan fingerprint density at radius 3 is 2.82 bits per heavy atom. The molecule has 0 bridgehead atoms. The number of hydrogen-bond acceptors (Lipinski definition) is 6. The summed E-state index contributed by atoms with van der Waals surface area (Å²) in [5.74, 6) is 2.34. The zero-order valence-electron chi connectivity index (χ0n) is 12.7. The standard InChI is InChI=1S/C16H21N3O3/c1-21-14-5-3-2-4-13(14)16-17-15(22-18-16)10-19-8-6-12(11-20)7-9-19/h2-5,12,20H,6-11H2,1H3. The number of aliphatic hydroxyl groups is 1. The first-order valence-electron chi connectivity index (χ1n) is 7.59. The first-order chi connectivity index (χ1) is 10.8. The molecule has 2 heterocycles. The molecule has 6 heteroatoms. The average molecular weight is 303 g/mol. The molecule has 0 radical (unpaired) electrons. The van der Waals surface area contributed by atoms with Crippen LogP contribution in [-0.2, 0) is 6.54 Å². The zero-order valence-corrected chi connectivity index (χ0v) is 12.7. The number of nitrogens with zero attached hydrogens (tertiary/aromatic N) is 3. The third kappa shape index (κ3) is 3.28. The van der Waals surface area contributed by atoms with E-state index in [1.54, 1.807) is 7.11 Å². The summed E-state index contributed by atoms with van der Waals surface area (Å²) in [7, 11) is 1.63. The van der Waals surface area contributed by atoms with Gasteiger partial charge in [0.15, 0.2) is 0 Å². The number of benzene rings is 1. The highest BCUT2D eigenvalue weighted by Crippen LogP contribution is 2.27. The number of likely N-dealkylation sites (tertiary alicyclic amines) is 1. The van der Waals surface area contributed by atoms with Crippen LogP contribution >= 0.6 is 0 Å². The molecular formula is C16H21N3O3. The SMILES string of the molecule is COc1ccccc1-c1noc(CN2CCC(CO)CC2)n1. The number of para-hydroxylation sites is 1. The van der Waals surface area contributed by atoms with Crippen LogP contribution in [0.1, 0.15) is 18.7 Å². The van der Waals surface area contributed by atoms with Gasteiger partial charge in [0.2, 0.25) is 11.7 Å². The highest BCUT2D eigenvalue weighted by molar-refractivity contribution is 5.63. The van der Waals surface area contributed by atoms with E-state index in [0.717, 1.165) is 37.2 Å². The Morgan fingerprint density at radius 2 is 2.09 bits per heavy atom. The van der Waals surface area contributed by atoms with Crippen molar-refractivity contribution in [1.82, 2.24) is 15.0 Å². The van der Waals surface area contributed by atoms with Gasteiger partial charge in [-0.2, -0.15) is 4.98 Å². The van der Waals surface area contributed by atoms with Crippen LogP contribution in [0.15, 0.2) is 28.8 Å². The van der Waals surface area contributed by atoms with E-state index in [-0.39, 0.29) is 6.61 Å². The number of piperidine rings is 1. The topological polar surface area (TPSA) is 71.6 Å². The summed E-state index contributed by atoms with van der Waals surface area (Å²) in [6, 6.07) is 7.63. The van der Waals surface area contributed by atoms with Gasteiger partial charge in [-0.15, -0.1) is 0 Å². The van der Waals surface area contributed by atoms with E-state index in [9.17, 15) is 5.11 Å². The molecule has 0 spiro atoms. The van der Waals surface area contributed by atoms with Gasteiger partial charge in [-0.25, -0.2) is 0 Å². The number of rotatable bonds is 5. The van der Waals surface area contributed by atoms with Crippen LogP contribution in [0.3, 0.4) is 0 Å². The second-order valence-electron chi connectivity index (χ2n) is 5.61. The molecule has 1 aromatic heterocycles. The van der Waals surface area contributed by atoms with E-state index in [4.69, 9.17) is 9.26 Å². The highest BCUT2D eigenvalue weighted by Gasteiger charge is 2.21. The van der Waals surface area contributed by atoms with E-state index < -0.39 is 0 Å². The summed E-state index contributed by atoms with van der Waals surface area (Å²) < 4.78 is 10.7. The summed E-state index contributed by atoms with van der Waals surface area (Å²) in [5, 5.41) is 13.2. The van der Waals surface area contributed by atoms with Crippen LogP contribution in [-0.4, -0.2) is 47.0 Å². The molecule has 1 aliphatic rings. The molecule has 22 heavy (non-hydrogen) atoms. The Bertz CT molecular complexity index is 606. The fraction of sp³-hybridized carbons (Fsp3) is 0.500. The molecule has 0 amide bonds. The maximum absolute atomic E-state index is 9.17. The maximum Gasteiger partial charge on any atom is 0.241 e. The normalized spacial score (nSPS) is 16.8. The smallest absolute Gasteiger partial charge is 0.241 e. The number of aromatic nitrogens is 2. The van der Waals surface area contributed by atoms with Crippen molar-refractivity contribution in [3.05, 3.63) is 30.2 Å². The van der Waals surface area contributed by atoms with E-state index >= 15 is 0 Å². The lowest BCUT2D eigenvalue weighted by molar-refractivity contribution is 0.119. The summed E-state index contributed by atoms with van der Waals surface area (Å²) >= 11 is 0. The Morgan fingerprint density at radius 1 is 1.32 bits per heavy atom. The fourth-order valence-electron chi connectivity index (χ4n) is 2.78. The molecule has 0 aliphatic carbocycles. The minimum atomic E-state index is 0.284. The van der Waals surface area contributed by atoms with Crippen molar-refractivity contribution in [2.75, 3.05) is 26.8 Å². The largest absolute Gasteiger partial charge is 0.496 e. The van der Waals surface area contributed by atoms with Gasteiger partial charge in [-0.1, -0.05) is 17.3 Å². The first kappa shape index (κ1) is 15.0. The Balaban J connectivity index is 1.67. The molecule has 118 valence electrons. The van der Waals surface area contributed by atoms with Crippen LogP contribution in [0, 0.1) is 5.92 Å². The third-order valence-electron chi connectivity index (χ3n) is 4.14. The third-order valence-corrected chi connectivity index (χ3v) is 4.14. The van der Waals surface area contributed by atoms with E-state index in [1.807, 2.05) is 24.3 Å². The molecule has 0 unspecified atom stereocenters. The van der Waals surface area contributed by atoms with Crippen molar-refractivity contribution in [3.63, 3.8) is 0 Å². The average Bonchev–Trinajstić information content (AvgIpc) is 3.04. The lowest BCUT2D eigenvalue weighted by atomic mass is 9.98. The van der Waals surface area contributed by atoms with Gasteiger partial charge in [-0.3, -0.25) is 4.90 Å². The van der Waals surface area contributed by atoms with E-state index in [2.05, 4.69) is 15.0 Å². The van der Waals surface area contributed by atoms with Gasteiger partial charge in [0.1, 0.15) is 5.75 Å². The van der Waals surface area contributed by atoms with Crippen molar-refractivity contribution >= 4 is 0 Å². The predicted molar refractivity (Wildman–Crippen MR) is 81.4 cm³/mol. The van der Waals surface area contributed by atoms with Crippen molar-refractivity contribution in [2.45, 2.75) is 19.4 Å². The predicted octanol–water partition coefficient (Wildman–Crippen LogP) is 1.95. The van der Waals surface area contributed by atoms with E-state index in [0.29, 0.717) is 24.2 Å². The molecule has 1 aliphatic heterocycles. The molecule has 3 rings (SSSR count). The van der Waals surface area contributed by atoms with Crippen LogP contribution in [0.25, 0.3) is 11.4 Å². The molecular weight excluding hydrogens is 282 g/mol. The summed E-state index contributed by atoms with van der Waals surface area (Å²) in [6.07, 6.45) is 2.04. The van der Waals surface area contributed by atoms with Gasteiger partial charge in [0.05, 0.1) is 19.2 Å². The monoisotopic (exact) mass is 303 g/mol. The number of hydrogen-bond donors (Lipinski definition) is 1. The first-order valence-corrected chi connectivity index (χ1v) is 7.59. The number of ether oxygens (including phenoxy) is 1. The Hall–Kier alpha value is -1.92. The summed E-state index contributed by atoms with van der Waals surface area (Å²) in [5.41, 5.74) is 0.832. The van der Waals surface area contributed by atoms with Gasteiger partial charge in [-0.05, 0) is 44.0 Å². The maximum atomic E-state index is 9.17. The molecule has 1 aromatic carbocycles. The van der Waals surface area contributed by atoms with E-state index in [1.165, 1.54) is 0 Å². The van der Waals surface area contributed by atoms with Crippen molar-refractivity contribution in [3.8, 4) is 17.1 Å². The minimum Gasteiger partial charge on any atom is -0.496 e. The van der Waals surface area contributed by atoms with Crippen molar-refractivity contribution < 1.29 is 14.4 Å². The molecule has 1 fully saturated rings. The molecule has 2 aromatic rings. The minimum absolute atomic E-state index is 0.284. The van der Waals surface area contributed by atoms with Crippen LogP contribution < -0.4 is 4.74 Å². The van der Waals surface area contributed by atoms with Crippen LogP contribution in [0.2, 0.25) is 0 Å². The van der Waals surface area contributed by atoms with Gasteiger partial charge < -0.3 is 14.4 Å². The molecule has 0 atom stereocenters. The second-order valence-corrected chi connectivity index (χ2v) is 5.61. The lowest BCUT2D eigenvalue weighted by Crippen LogP contribution is -2.34. The van der Waals surface area contributed by atoms with Crippen LogP contribution in [0.4, 0.5) is 0 Å². The van der Waals surface area contributed by atoms with Gasteiger partial charge >= 0.3 is 0 Å². The van der Waals surface area contributed by atoms with Gasteiger partial charge in [0, 0.05) is 6.61 Å². The van der Waals surface area contributed by atoms with Crippen molar-refractivity contribution in [2.24, 2.45) is 5.92 Å². The Kier molecular flexibility index (Phi) is 4.70. The molecule has 6 nitrogen and oxygen atoms in total. The second kappa shape index (κ2) is 6.89. The summed E-state index contributed by atoms with van der Waals surface area (Å²) in [4.78, 5) is 6.76. The lowest BCUT2D eigenvalue weighted by Gasteiger charge is -2.29. The quantitative estimate of drug-likeness (QED) is 0.910. The molecule has 1 N–H and O–H groups in total. The zero-order chi connectivity index (χ0) is 15.4. The molecule has 0 saturated carbocycles. The number of methoxy groups -OCH3 is 1. The summed E-state index contributed by atoms with van der Waals surface area (Å²) in [6.45, 7) is 2.85. The Labute approximate surface area is 129 Å². The van der Waals surface area contributed by atoms with Gasteiger partial charge in [0.25, 0.3) is 0 Å².